The summed E-state index contributed by atoms with van der Waals surface area (Å²) in [7, 11) is 0. The van der Waals surface area contributed by atoms with E-state index in [0.29, 0.717) is 0 Å². The third-order valence-corrected chi connectivity index (χ3v) is 1.77. The Morgan fingerprint density at radius 2 is 1.78 bits per heavy atom. The van der Waals surface area contributed by atoms with Crippen molar-refractivity contribution in [1.29, 1.82) is 0 Å². The summed E-state index contributed by atoms with van der Waals surface area (Å²) in [5.41, 5.74) is 1.44. The van der Waals surface area contributed by atoms with E-state index in [1.165, 1.54) is 17.7 Å². The van der Waals surface area contributed by atoms with Gasteiger partial charge in [0.1, 0.15) is 0 Å². The van der Waals surface area contributed by atoms with Crippen LogP contribution < -0.4 is 0 Å². The summed E-state index contributed by atoms with van der Waals surface area (Å²) in [6.07, 6.45) is 1.98. The highest BCUT2D eigenvalue weighted by atomic mass is 32.2. The first-order valence-corrected chi connectivity index (χ1v) is 4.25. The van der Waals surface area contributed by atoms with Gasteiger partial charge in [0.05, 0.1) is 0 Å². The highest BCUT2D eigenvalue weighted by Crippen LogP contribution is 2.17. The fourth-order valence-corrected chi connectivity index (χ4v) is 0.822. The van der Waals surface area contributed by atoms with Crippen molar-refractivity contribution in [2.75, 3.05) is 6.26 Å². The van der Waals surface area contributed by atoms with Gasteiger partial charge >= 0.3 is 0 Å². The Bertz CT molecular complexity index is 111. The number of nitrogens with zero attached hydrogens (tertiary/aromatic N) is 1. The van der Waals surface area contributed by atoms with Crippen molar-refractivity contribution < 1.29 is 0 Å². The van der Waals surface area contributed by atoms with Crippen LogP contribution in [-0.2, 0) is 0 Å². The molecule has 0 saturated heterocycles. The van der Waals surface area contributed by atoms with E-state index in [9.17, 15) is 0 Å². The smallest absolute Gasteiger partial charge is 0.0284 e. The van der Waals surface area contributed by atoms with Crippen LogP contribution in [-0.4, -0.2) is 12.0 Å². The molecule has 0 aliphatic carbocycles. The fraction of sp³-hybridized carbons (Fsp3) is 0.857. The highest BCUT2D eigenvalue weighted by Gasteiger charge is 2.13. The molecule has 0 saturated carbocycles. The molecule has 0 bridgehead atoms. The van der Waals surface area contributed by atoms with Crippen LogP contribution in [0.15, 0.2) is 4.40 Å². The van der Waals surface area contributed by atoms with E-state index in [1.807, 2.05) is 6.26 Å². The molecule has 0 N–H and O–H groups in total. The van der Waals surface area contributed by atoms with Gasteiger partial charge in [-0.25, -0.2) is 4.40 Å². The van der Waals surface area contributed by atoms with Gasteiger partial charge in [0.25, 0.3) is 0 Å². The molecule has 1 nitrogen and oxygen atoms in total. The Morgan fingerprint density at radius 1 is 1.33 bits per heavy atom. The summed E-state index contributed by atoms with van der Waals surface area (Å²) < 4.78 is 4.23. The molecule has 54 valence electrons. The lowest BCUT2D eigenvalue weighted by molar-refractivity contribution is 0.590. The van der Waals surface area contributed by atoms with Crippen molar-refractivity contribution in [3.8, 4) is 0 Å². The maximum absolute atomic E-state index is 4.23. The second-order valence-corrected chi connectivity index (χ2v) is 3.66. The monoisotopic (exact) mass is 145 g/mol. The van der Waals surface area contributed by atoms with Crippen LogP contribution in [0.4, 0.5) is 0 Å². The molecule has 0 unspecified atom stereocenters. The average molecular weight is 145 g/mol. The van der Waals surface area contributed by atoms with Crippen LogP contribution in [0.3, 0.4) is 0 Å². The molecule has 0 aliphatic heterocycles. The average Bonchev–Trinajstić information content (AvgIpc) is 1.64. The molecule has 2 heteroatoms. The zero-order valence-corrected chi connectivity index (χ0v) is 7.67. The van der Waals surface area contributed by atoms with Gasteiger partial charge in [-0.15, -0.1) is 0 Å². The van der Waals surface area contributed by atoms with Gasteiger partial charge in [-0.2, -0.15) is 0 Å². The van der Waals surface area contributed by atoms with Crippen LogP contribution >= 0.6 is 11.9 Å². The first-order valence-electron chi connectivity index (χ1n) is 3.06. The largest absolute Gasteiger partial charge is 0.226 e. The lowest BCUT2D eigenvalue weighted by atomic mass is 9.91. The number of rotatable bonds is 1. The Hall–Kier alpha value is 0.0200. The van der Waals surface area contributed by atoms with Gasteiger partial charge in [-0.1, -0.05) is 20.8 Å². The van der Waals surface area contributed by atoms with Crippen molar-refractivity contribution in [2.24, 2.45) is 9.81 Å². The van der Waals surface area contributed by atoms with Crippen LogP contribution in [0.2, 0.25) is 0 Å². The molecule has 0 radical (unpaired) electrons. The molecule has 0 aromatic carbocycles. The molecule has 0 rings (SSSR count). The maximum Gasteiger partial charge on any atom is 0.0284 e. The Morgan fingerprint density at radius 3 is 1.89 bits per heavy atom. The van der Waals surface area contributed by atoms with Gasteiger partial charge in [0.15, 0.2) is 0 Å². The summed E-state index contributed by atoms with van der Waals surface area (Å²) in [6, 6.07) is 0. The van der Waals surface area contributed by atoms with E-state index in [-0.39, 0.29) is 5.41 Å². The van der Waals surface area contributed by atoms with E-state index in [2.05, 4.69) is 32.1 Å². The third-order valence-electron chi connectivity index (χ3n) is 1.31. The standard InChI is InChI=1S/C7H15NS/c1-6(8-9-5)7(2,3)4/h1-5H3/b8-6-. The number of hydrogen-bond donors (Lipinski definition) is 0. The van der Waals surface area contributed by atoms with E-state index in [1.54, 1.807) is 0 Å². The minimum atomic E-state index is 0.239. The predicted octanol–water partition coefficient (Wildman–Crippen LogP) is 2.77. The Kier molecular flexibility index (Phi) is 3.26. The van der Waals surface area contributed by atoms with Crippen molar-refractivity contribution in [2.45, 2.75) is 27.7 Å². The molecule has 0 atom stereocenters. The van der Waals surface area contributed by atoms with E-state index in [0.717, 1.165) is 0 Å². The normalized spacial score (nSPS) is 14.1. The second-order valence-electron chi connectivity index (χ2n) is 3.11. The zero-order valence-electron chi connectivity index (χ0n) is 6.86. The van der Waals surface area contributed by atoms with Crippen molar-refractivity contribution in [3.05, 3.63) is 0 Å². The van der Waals surface area contributed by atoms with E-state index in [4.69, 9.17) is 0 Å². The van der Waals surface area contributed by atoms with Crippen LogP contribution in [0.1, 0.15) is 27.7 Å². The van der Waals surface area contributed by atoms with Gasteiger partial charge in [-0.3, -0.25) is 0 Å². The molecule has 9 heavy (non-hydrogen) atoms. The van der Waals surface area contributed by atoms with Crippen molar-refractivity contribution in [1.82, 2.24) is 0 Å². The third kappa shape index (κ3) is 3.57. The summed E-state index contributed by atoms with van der Waals surface area (Å²) in [5.74, 6) is 0. The molecular formula is C7H15NS. The number of hydrogen-bond acceptors (Lipinski definition) is 2. The first kappa shape index (κ1) is 9.02. The summed E-state index contributed by atoms with van der Waals surface area (Å²) in [6.45, 7) is 8.57. The lowest BCUT2D eigenvalue weighted by Gasteiger charge is -2.16. The molecule has 0 aromatic rings. The summed E-state index contributed by atoms with van der Waals surface area (Å²) in [4.78, 5) is 0. The van der Waals surface area contributed by atoms with Crippen molar-refractivity contribution in [3.63, 3.8) is 0 Å². The van der Waals surface area contributed by atoms with E-state index < -0.39 is 0 Å². The topological polar surface area (TPSA) is 12.4 Å². The predicted molar refractivity (Wildman–Crippen MR) is 46.1 cm³/mol. The molecule has 0 amide bonds. The minimum absolute atomic E-state index is 0.239. The zero-order chi connectivity index (χ0) is 7.49. The molecule has 0 aliphatic rings. The van der Waals surface area contributed by atoms with Crippen molar-refractivity contribution >= 4 is 17.7 Å². The Labute approximate surface area is 62.1 Å². The van der Waals surface area contributed by atoms with Crippen LogP contribution in [0.5, 0.6) is 0 Å². The maximum atomic E-state index is 4.23. The van der Waals surface area contributed by atoms with Gasteiger partial charge in [0.2, 0.25) is 0 Å². The Balaban J connectivity index is 4.03. The minimum Gasteiger partial charge on any atom is -0.226 e. The van der Waals surface area contributed by atoms with Crippen LogP contribution in [0, 0.1) is 5.41 Å². The molecule has 0 fully saturated rings. The first-order chi connectivity index (χ1) is 3.98. The summed E-state index contributed by atoms with van der Waals surface area (Å²) >= 11 is 1.52. The van der Waals surface area contributed by atoms with Gasteiger partial charge in [-0.05, 0) is 18.9 Å². The molecule has 0 spiro atoms. The highest BCUT2D eigenvalue weighted by molar-refractivity contribution is 7.97. The molecule has 0 heterocycles. The molecular weight excluding hydrogens is 130 g/mol. The SMILES string of the molecule is CS/N=C(/C)C(C)(C)C. The lowest BCUT2D eigenvalue weighted by Crippen LogP contribution is -2.15. The second kappa shape index (κ2) is 3.25. The molecule has 0 aromatic heterocycles. The summed E-state index contributed by atoms with van der Waals surface area (Å²) in [5, 5.41) is 0. The fourth-order valence-electron chi connectivity index (χ4n) is 0.274. The van der Waals surface area contributed by atoms with E-state index >= 15 is 0 Å². The van der Waals surface area contributed by atoms with Gasteiger partial charge < -0.3 is 0 Å². The quantitative estimate of drug-likeness (QED) is 0.408. The van der Waals surface area contributed by atoms with Gasteiger partial charge in [0, 0.05) is 17.4 Å². The van der Waals surface area contributed by atoms with Crippen LogP contribution in [0.25, 0.3) is 0 Å².